The molecule has 0 amide bonds. The van der Waals surface area contributed by atoms with E-state index in [0.717, 1.165) is 23.0 Å². The summed E-state index contributed by atoms with van der Waals surface area (Å²) in [6.07, 6.45) is 0. The van der Waals surface area contributed by atoms with Gasteiger partial charge in [0.2, 0.25) is 0 Å². The second-order valence-electron chi connectivity index (χ2n) is 1.69. The lowest BCUT2D eigenvalue weighted by molar-refractivity contribution is 0.230. The van der Waals surface area contributed by atoms with Gasteiger partial charge in [0.05, 0.1) is 6.61 Å². The average Bonchev–Trinajstić information content (AvgIpc) is 1.89. The number of thioether (sulfide) groups is 1. The van der Waals surface area contributed by atoms with Crippen molar-refractivity contribution in [3.8, 4) is 6.07 Å². The highest BCUT2D eigenvalue weighted by atomic mass is 32.2. The summed E-state index contributed by atoms with van der Waals surface area (Å²) < 4.78 is 5.12. The Kier molecular flexibility index (Phi) is 2.01. The fraction of sp³-hybridized carbons (Fsp3) is 0.500. The molecule has 1 aliphatic heterocycles. The highest BCUT2D eigenvalue weighted by Crippen LogP contribution is 2.23. The molecular weight excluding hydrogens is 134 g/mol. The molecule has 0 spiro atoms. The molecule has 0 fully saturated rings. The van der Waals surface area contributed by atoms with Crippen LogP contribution in [0.2, 0.25) is 0 Å². The summed E-state index contributed by atoms with van der Waals surface area (Å²) in [5.41, 5.74) is 0. The van der Waals surface area contributed by atoms with E-state index in [1.165, 1.54) is 0 Å². The Morgan fingerprint density at radius 2 is 2.56 bits per heavy atom. The summed E-state index contributed by atoms with van der Waals surface area (Å²) >= 11 is 1.56. The second kappa shape index (κ2) is 2.79. The van der Waals surface area contributed by atoms with Gasteiger partial charge in [0.25, 0.3) is 0 Å². The van der Waals surface area contributed by atoms with E-state index in [1.54, 1.807) is 11.8 Å². The van der Waals surface area contributed by atoms with Crippen molar-refractivity contribution in [2.24, 2.45) is 0 Å². The standard InChI is InChI=1S/C6H7NOS/c1-5-6(4-7)9-3-2-8-5/h2-3H2,1H3. The molecule has 9 heavy (non-hydrogen) atoms. The molecule has 0 aromatic carbocycles. The molecule has 0 N–H and O–H groups in total. The molecular formula is C6H7NOS. The Labute approximate surface area is 58.5 Å². The van der Waals surface area contributed by atoms with E-state index in [0.29, 0.717) is 0 Å². The summed E-state index contributed by atoms with van der Waals surface area (Å²) in [4.78, 5) is 0.723. The number of ether oxygens (including phenoxy) is 1. The minimum atomic E-state index is 0.723. The second-order valence-corrected chi connectivity index (χ2v) is 2.80. The number of rotatable bonds is 0. The first-order chi connectivity index (χ1) is 4.34. The molecule has 0 aromatic rings. The molecule has 0 saturated heterocycles. The number of hydrogen-bond donors (Lipinski definition) is 0. The third kappa shape index (κ3) is 1.39. The first-order valence-electron chi connectivity index (χ1n) is 2.71. The van der Waals surface area contributed by atoms with Crippen LogP contribution in [0.25, 0.3) is 0 Å². The average molecular weight is 141 g/mol. The van der Waals surface area contributed by atoms with Crippen LogP contribution in [0, 0.1) is 11.3 Å². The number of nitrogens with zero attached hydrogens (tertiary/aromatic N) is 1. The Bertz CT molecular complexity index is 180. The van der Waals surface area contributed by atoms with Gasteiger partial charge in [-0.1, -0.05) is 0 Å². The van der Waals surface area contributed by atoms with Gasteiger partial charge in [-0.3, -0.25) is 0 Å². The molecule has 1 heterocycles. The Morgan fingerprint density at radius 3 is 3.00 bits per heavy atom. The summed E-state index contributed by atoms with van der Waals surface area (Å²) in [6.45, 7) is 2.56. The number of nitriles is 1. The van der Waals surface area contributed by atoms with E-state index >= 15 is 0 Å². The smallest absolute Gasteiger partial charge is 0.122 e. The van der Waals surface area contributed by atoms with Gasteiger partial charge in [-0.25, -0.2) is 0 Å². The molecule has 0 radical (unpaired) electrons. The molecule has 1 rings (SSSR count). The van der Waals surface area contributed by atoms with E-state index in [-0.39, 0.29) is 0 Å². The molecule has 0 aromatic heterocycles. The third-order valence-electron chi connectivity index (χ3n) is 1.07. The quantitative estimate of drug-likeness (QED) is 0.512. The SMILES string of the molecule is CC1=C(C#N)SCCO1. The topological polar surface area (TPSA) is 33.0 Å². The number of hydrogen-bond acceptors (Lipinski definition) is 3. The molecule has 0 saturated carbocycles. The predicted octanol–water partition coefficient (Wildman–Crippen LogP) is 1.50. The van der Waals surface area contributed by atoms with Crippen molar-refractivity contribution >= 4 is 11.8 Å². The van der Waals surface area contributed by atoms with E-state index in [9.17, 15) is 0 Å². The minimum Gasteiger partial charge on any atom is -0.495 e. The van der Waals surface area contributed by atoms with Crippen LogP contribution in [0.1, 0.15) is 6.92 Å². The van der Waals surface area contributed by atoms with Crippen molar-refractivity contribution in [2.45, 2.75) is 6.92 Å². The Balaban J connectivity index is 2.74. The minimum absolute atomic E-state index is 0.723. The van der Waals surface area contributed by atoms with Crippen molar-refractivity contribution in [3.63, 3.8) is 0 Å². The van der Waals surface area contributed by atoms with Crippen LogP contribution in [0.3, 0.4) is 0 Å². The van der Waals surface area contributed by atoms with Gasteiger partial charge in [0.1, 0.15) is 16.7 Å². The molecule has 2 nitrogen and oxygen atoms in total. The van der Waals surface area contributed by atoms with Crippen molar-refractivity contribution in [3.05, 3.63) is 10.7 Å². The molecule has 1 aliphatic rings. The van der Waals surface area contributed by atoms with E-state index in [1.807, 2.05) is 6.92 Å². The summed E-state index contributed by atoms with van der Waals surface area (Å²) in [6, 6.07) is 2.07. The van der Waals surface area contributed by atoms with Crippen LogP contribution < -0.4 is 0 Å². The van der Waals surface area contributed by atoms with Crippen LogP contribution in [-0.2, 0) is 4.74 Å². The maximum atomic E-state index is 8.45. The zero-order valence-electron chi connectivity index (χ0n) is 5.18. The number of allylic oxidation sites excluding steroid dienone is 2. The Morgan fingerprint density at radius 1 is 1.78 bits per heavy atom. The van der Waals surface area contributed by atoms with Crippen LogP contribution in [0.15, 0.2) is 10.7 Å². The van der Waals surface area contributed by atoms with E-state index < -0.39 is 0 Å². The van der Waals surface area contributed by atoms with Crippen molar-refractivity contribution in [1.82, 2.24) is 0 Å². The summed E-state index contributed by atoms with van der Waals surface area (Å²) in [7, 11) is 0. The zero-order valence-corrected chi connectivity index (χ0v) is 5.99. The lowest BCUT2D eigenvalue weighted by Gasteiger charge is -2.12. The lowest BCUT2D eigenvalue weighted by Crippen LogP contribution is -2.03. The highest BCUT2D eigenvalue weighted by Gasteiger charge is 2.08. The molecule has 3 heteroatoms. The third-order valence-corrected chi connectivity index (χ3v) is 2.11. The fourth-order valence-electron chi connectivity index (χ4n) is 0.617. The van der Waals surface area contributed by atoms with Gasteiger partial charge in [-0.2, -0.15) is 5.26 Å². The Hall–Kier alpha value is -0.620. The summed E-state index contributed by atoms with van der Waals surface area (Å²) in [5, 5.41) is 8.45. The molecule has 48 valence electrons. The van der Waals surface area contributed by atoms with Gasteiger partial charge in [0, 0.05) is 5.75 Å². The maximum Gasteiger partial charge on any atom is 0.122 e. The van der Waals surface area contributed by atoms with E-state index in [2.05, 4.69) is 6.07 Å². The highest BCUT2D eigenvalue weighted by molar-refractivity contribution is 8.03. The van der Waals surface area contributed by atoms with Crippen LogP contribution >= 0.6 is 11.8 Å². The van der Waals surface area contributed by atoms with Gasteiger partial charge in [-0.05, 0) is 6.92 Å². The molecule has 0 atom stereocenters. The normalized spacial score (nSPS) is 18.7. The monoisotopic (exact) mass is 141 g/mol. The molecule has 0 aliphatic carbocycles. The zero-order chi connectivity index (χ0) is 6.69. The van der Waals surface area contributed by atoms with Crippen molar-refractivity contribution < 1.29 is 4.74 Å². The first kappa shape index (κ1) is 6.50. The fourth-order valence-corrected chi connectivity index (χ4v) is 1.31. The van der Waals surface area contributed by atoms with Crippen molar-refractivity contribution in [1.29, 1.82) is 5.26 Å². The van der Waals surface area contributed by atoms with Gasteiger partial charge in [-0.15, -0.1) is 11.8 Å². The molecule has 0 bridgehead atoms. The van der Waals surface area contributed by atoms with Gasteiger partial charge >= 0.3 is 0 Å². The maximum absolute atomic E-state index is 8.45. The van der Waals surface area contributed by atoms with Crippen molar-refractivity contribution in [2.75, 3.05) is 12.4 Å². The predicted molar refractivity (Wildman–Crippen MR) is 36.7 cm³/mol. The van der Waals surface area contributed by atoms with Crippen LogP contribution in [0.4, 0.5) is 0 Å². The molecule has 0 unspecified atom stereocenters. The van der Waals surface area contributed by atoms with Gasteiger partial charge in [0.15, 0.2) is 0 Å². The van der Waals surface area contributed by atoms with E-state index in [4.69, 9.17) is 10.00 Å². The van der Waals surface area contributed by atoms with Gasteiger partial charge < -0.3 is 4.74 Å². The first-order valence-corrected chi connectivity index (χ1v) is 3.69. The van der Waals surface area contributed by atoms with Crippen LogP contribution in [0.5, 0.6) is 0 Å². The lowest BCUT2D eigenvalue weighted by atomic mass is 10.5. The largest absolute Gasteiger partial charge is 0.495 e. The summed E-state index contributed by atoms with van der Waals surface area (Å²) in [5.74, 6) is 1.68. The van der Waals surface area contributed by atoms with Crippen LogP contribution in [-0.4, -0.2) is 12.4 Å².